The molecule has 4 rings (SSSR count). The molecule has 1 aliphatic heterocycles. The zero-order valence-corrected chi connectivity index (χ0v) is 23.3. The first-order valence-electron chi connectivity index (χ1n) is 13.0. The highest BCUT2D eigenvalue weighted by Gasteiger charge is 2.20. The van der Waals surface area contributed by atoms with E-state index in [1.54, 1.807) is 23.9 Å². The van der Waals surface area contributed by atoms with Crippen LogP contribution < -0.4 is 15.5 Å². The summed E-state index contributed by atoms with van der Waals surface area (Å²) in [5, 5.41) is 22.3. The zero-order valence-electron chi connectivity index (χ0n) is 21.7. The van der Waals surface area contributed by atoms with Gasteiger partial charge in [-0.1, -0.05) is 42.8 Å². The Morgan fingerprint density at radius 1 is 1.16 bits per heavy atom. The van der Waals surface area contributed by atoms with E-state index in [1.807, 2.05) is 31.5 Å². The first-order chi connectivity index (χ1) is 18.0. The number of thioether (sulfide) groups is 1. The van der Waals surface area contributed by atoms with Gasteiger partial charge in [0.25, 0.3) is 0 Å². The number of rotatable bonds is 9. The van der Waals surface area contributed by atoms with Crippen molar-refractivity contribution in [2.75, 3.05) is 19.9 Å². The van der Waals surface area contributed by atoms with Gasteiger partial charge in [0, 0.05) is 18.5 Å². The molecule has 3 N–H and O–H groups in total. The van der Waals surface area contributed by atoms with Crippen molar-refractivity contribution in [3.63, 3.8) is 0 Å². The summed E-state index contributed by atoms with van der Waals surface area (Å²) in [4.78, 5) is 14.0. The van der Waals surface area contributed by atoms with Crippen molar-refractivity contribution in [1.82, 2.24) is 5.32 Å². The number of benzene rings is 2. The van der Waals surface area contributed by atoms with E-state index in [0.717, 1.165) is 77.6 Å². The van der Waals surface area contributed by atoms with Crippen molar-refractivity contribution in [3.8, 4) is 16.9 Å². The third kappa shape index (κ3) is 7.48. The van der Waals surface area contributed by atoms with Crippen molar-refractivity contribution in [3.05, 3.63) is 64.5 Å². The van der Waals surface area contributed by atoms with Gasteiger partial charge in [-0.3, -0.25) is 4.79 Å². The van der Waals surface area contributed by atoms with Crippen LogP contribution in [0.4, 0.5) is 0 Å². The Morgan fingerprint density at radius 2 is 2.00 bits per heavy atom. The maximum Gasteiger partial charge on any atom is 0.488 e. The van der Waals surface area contributed by atoms with Crippen LogP contribution in [0, 0.1) is 5.92 Å². The summed E-state index contributed by atoms with van der Waals surface area (Å²) in [5.74, 6) is 1.74. The molecular formula is C29H36BNO4S2. The number of ether oxygens (including phenoxy) is 1. The standard InChI is InChI=1S/C29H36BNO4S2/c1-31-19-21-12-14-27-23(16-21)9-3-6-20(7-5-15-35-27)11-13-26(32)28-18-25(29(36-2)37-28)22-8-4-10-24(17-22)30(33)34/h4,8,10,12,14,16-18,20,31,33-34H,3,5-7,9,11,13,15,19H2,1-2H3. The van der Waals surface area contributed by atoms with E-state index >= 15 is 0 Å². The maximum absolute atomic E-state index is 13.2. The van der Waals surface area contributed by atoms with E-state index in [9.17, 15) is 14.8 Å². The van der Waals surface area contributed by atoms with Gasteiger partial charge in [-0.05, 0) is 85.6 Å². The Hall–Kier alpha value is -2.10. The van der Waals surface area contributed by atoms with E-state index in [2.05, 4.69) is 23.5 Å². The molecule has 0 saturated carbocycles. The minimum atomic E-state index is -1.51. The summed E-state index contributed by atoms with van der Waals surface area (Å²) in [5.41, 5.74) is 4.90. The van der Waals surface area contributed by atoms with Gasteiger partial charge >= 0.3 is 7.12 Å². The average molecular weight is 538 g/mol. The first kappa shape index (κ1) is 27.9. The Labute approximate surface area is 228 Å². The summed E-state index contributed by atoms with van der Waals surface area (Å²) in [7, 11) is 0.455. The molecule has 196 valence electrons. The number of carbonyl (C=O) groups is 1. The Bertz CT molecular complexity index is 1200. The van der Waals surface area contributed by atoms with Gasteiger partial charge in [0.05, 0.1) is 15.7 Å². The Balaban J connectivity index is 1.38. The smallest absolute Gasteiger partial charge is 0.488 e. The maximum atomic E-state index is 13.2. The minimum absolute atomic E-state index is 0.195. The zero-order chi connectivity index (χ0) is 26.2. The summed E-state index contributed by atoms with van der Waals surface area (Å²) in [6.07, 6.45) is 8.79. The van der Waals surface area contributed by atoms with Crippen LogP contribution in [-0.2, 0) is 13.0 Å². The largest absolute Gasteiger partial charge is 0.493 e. The normalized spacial score (nSPS) is 16.1. The van der Waals surface area contributed by atoms with Crippen LogP contribution in [0.5, 0.6) is 5.75 Å². The summed E-state index contributed by atoms with van der Waals surface area (Å²) < 4.78 is 7.18. The molecule has 0 spiro atoms. The van der Waals surface area contributed by atoms with Crippen molar-refractivity contribution in [2.24, 2.45) is 5.92 Å². The molecule has 5 nitrogen and oxygen atoms in total. The number of thiophene rings is 1. The second-order valence-corrected chi connectivity index (χ2v) is 11.8. The predicted octanol–water partition coefficient (Wildman–Crippen LogP) is 5.31. The molecule has 3 aromatic rings. The number of hydrogen-bond donors (Lipinski definition) is 3. The molecule has 1 unspecified atom stereocenters. The molecule has 0 amide bonds. The lowest BCUT2D eigenvalue weighted by Crippen LogP contribution is -2.29. The average Bonchev–Trinajstić information content (AvgIpc) is 3.35. The predicted molar refractivity (Wildman–Crippen MR) is 155 cm³/mol. The third-order valence-corrected chi connectivity index (χ3v) is 9.32. The molecule has 8 heteroatoms. The summed E-state index contributed by atoms with van der Waals surface area (Å²) >= 11 is 3.16. The van der Waals surface area contributed by atoms with E-state index < -0.39 is 7.12 Å². The summed E-state index contributed by atoms with van der Waals surface area (Å²) in [6.45, 7) is 1.57. The molecule has 1 atom stereocenters. The fourth-order valence-corrected chi connectivity index (χ4v) is 6.92. The minimum Gasteiger partial charge on any atom is -0.493 e. The highest BCUT2D eigenvalue weighted by molar-refractivity contribution is 8.00. The SMILES string of the molecule is CNCc1ccc2c(c1)CCCC(CCC(=O)c1cc(-c3cccc(B(O)O)c3)c(SC)s1)CCCO2. The first-order valence-corrected chi connectivity index (χ1v) is 15.1. The molecule has 2 aromatic carbocycles. The molecule has 1 aliphatic rings. The fourth-order valence-electron chi connectivity index (χ4n) is 5.04. The lowest BCUT2D eigenvalue weighted by Gasteiger charge is -2.20. The second-order valence-electron chi connectivity index (χ2n) is 9.70. The quantitative estimate of drug-likeness (QED) is 0.195. The molecule has 0 bridgehead atoms. The number of carbonyl (C=O) groups excluding carboxylic acids is 1. The highest BCUT2D eigenvalue weighted by atomic mass is 32.2. The van der Waals surface area contributed by atoms with Crippen LogP contribution in [0.3, 0.4) is 0 Å². The van der Waals surface area contributed by atoms with Crippen molar-refractivity contribution < 1.29 is 19.6 Å². The topological polar surface area (TPSA) is 78.8 Å². The fraction of sp³-hybridized carbons (Fsp3) is 0.414. The van der Waals surface area contributed by atoms with Gasteiger partial charge in [0.2, 0.25) is 0 Å². The molecule has 1 aromatic heterocycles. The van der Waals surface area contributed by atoms with Gasteiger partial charge in [0.1, 0.15) is 5.75 Å². The highest BCUT2D eigenvalue weighted by Crippen LogP contribution is 2.38. The number of hydrogen-bond acceptors (Lipinski definition) is 7. The van der Waals surface area contributed by atoms with Crippen molar-refractivity contribution in [1.29, 1.82) is 0 Å². The second kappa shape index (κ2) is 13.6. The third-order valence-electron chi connectivity index (χ3n) is 7.01. The number of fused-ring (bicyclic) bond motifs is 1. The van der Waals surface area contributed by atoms with Crippen LogP contribution in [-0.4, -0.2) is 42.9 Å². The molecule has 2 heterocycles. The molecule has 37 heavy (non-hydrogen) atoms. The van der Waals surface area contributed by atoms with E-state index in [0.29, 0.717) is 17.8 Å². The molecular weight excluding hydrogens is 501 g/mol. The monoisotopic (exact) mass is 537 g/mol. The number of Topliss-reactive ketones (excluding diaryl/α,β-unsaturated/α-hetero) is 1. The van der Waals surface area contributed by atoms with E-state index in [1.165, 1.54) is 22.5 Å². The van der Waals surface area contributed by atoms with Gasteiger partial charge in [-0.2, -0.15) is 0 Å². The van der Waals surface area contributed by atoms with Crippen molar-refractivity contribution >= 4 is 41.5 Å². The van der Waals surface area contributed by atoms with Gasteiger partial charge < -0.3 is 20.1 Å². The molecule has 0 radical (unpaired) electrons. The Morgan fingerprint density at radius 3 is 2.78 bits per heavy atom. The summed E-state index contributed by atoms with van der Waals surface area (Å²) in [6, 6.07) is 15.7. The van der Waals surface area contributed by atoms with Gasteiger partial charge in [-0.25, -0.2) is 0 Å². The number of ketones is 1. The lowest BCUT2D eigenvalue weighted by molar-refractivity contribution is 0.0975. The number of nitrogens with one attached hydrogen (secondary N) is 1. The van der Waals surface area contributed by atoms with Crippen LogP contribution in [0.15, 0.2) is 52.7 Å². The lowest BCUT2D eigenvalue weighted by atomic mass is 9.79. The van der Waals surface area contributed by atoms with E-state index in [-0.39, 0.29) is 5.78 Å². The molecule has 0 fully saturated rings. The van der Waals surface area contributed by atoms with E-state index in [4.69, 9.17) is 4.74 Å². The molecule has 0 saturated heterocycles. The number of aryl methyl sites for hydroxylation is 1. The van der Waals surface area contributed by atoms with Gasteiger partial charge in [0.15, 0.2) is 5.78 Å². The van der Waals surface area contributed by atoms with Crippen LogP contribution >= 0.6 is 23.1 Å². The van der Waals surface area contributed by atoms with Crippen LogP contribution in [0.1, 0.15) is 59.3 Å². The van der Waals surface area contributed by atoms with Crippen LogP contribution in [0.2, 0.25) is 0 Å². The van der Waals surface area contributed by atoms with Crippen LogP contribution in [0.25, 0.3) is 11.1 Å². The van der Waals surface area contributed by atoms with Crippen molar-refractivity contribution in [2.45, 2.75) is 55.7 Å². The Kier molecular flexibility index (Phi) is 10.3. The molecule has 0 aliphatic carbocycles. The van der Waals surface area contributed by atoms with Gasteiger partial charge in [-0.15, -0.1) is 23.1 Å².